The van der Waals surface area contributed by atoms with Crippen LogP contribution in [0, 0.1) is 5.41 Å². The second-order valence-corrected chi connectivity index (χ2v) is 7.79. The summed E-state index contributed by atoms with van der Waals surface area (Å²) in [6.45, 7) is 0.800. The third-order valence-electron chi connectivity index (χ3n) is 3.62. The van der Waals surface area contributed by atoms with Crippen LogP contribution in [-0.4, -0.2) is 23.8 Å². The van der Waals surface area contributed by atoms with E-state index in [0.29, 0.717) is 6.02 Å². The van der Waals surface area contributed by atoms with Crippen molar-refractivity contribution >= 4 is 47.1 Å². The summed E-state index contributed by atoms with van der Waals surface area (Å²) in [5, 5.41) is 6.14. The van der Waals surface area contributed by atoms with Crippen molar-refractivity contribution in [1.82, 2.24) is 5.01 Å². The van der Waals surface area contributed by atoms with Gasteiger partial charge in [0.2, 0.25) is 0 Å². The van der Waals surface area contributed by atoms with Gasteiger partial charge in [0, 0.05) is 23.6 Å². The summed E-state index contributed by atoms with van der Waals surface area (Å²) in [7, 11) is 0. The lowest BCUT2D eigenvalue weighted by Gasteiger charge is -2.21. The molecule has 0 saturated heterocycles. The minimum absolute atomic E-state index is 0.191. The van der Waals surface area contributed by atoms with Crippen LogP contribution in [-0.2, 0) is 4.84 Å². The molecule has 2 heterocycles. The predicted molar refractivity (Wildman–Crippen MR) is 84.0 cm³/mol. The summed E-state index contributed by atoms with van der Waals surface area (Å²) in [6.07, 6.45) is 6.91. The van der Waals surface area contributed by atoms with E-state index in [9.17, 15) is 0 Å². The third-order valence-corrected chi connectivity index (χ3v) is 5.69. The fourth-order valence-electron chi connectivity index (χ4n) is 2.62. The van der Waals surface area contributed by atoms with Gasteiger partial charge < -0.3 is 4.84 Å². The normalized spacial score (nSPS) is 21.1. The highest BCUT2D eigenvalue weighted by atomic mass is 35.5. The number of hydrazone groups is 1. The molecule has 1 aromatic rings. The molecular formula is C12H15ClN4OS2. The summed E-state index contributed by atoms with van der Waals surface area (Å²) in [4.78, 5) is 4.88. The van der Waals surface area contributed by atoms with Gasteiger partial charge in [-0.3, -0.25) is 0 Å². The Hall–Kier alpha value is -0.760. The number of nitrogens with two attached hydrogens (primary N) is 1. The molecule has 1 aliphatic heterocycles. The van der Waals surface area contributed by atoms with E-state index in [0.717, 1.165) is 15.1 Å². The number of hydrogen-bond acceptors (Lipinski definition) is 6. The van der Waals surface area contributed by atoms with Crippen molar-refractivity contribution in [1.29, 1.82) is 0 Å². The Kier molecular flexibility index (Phi) is 4.21. The van der Waals surface area contributed by atoms with Crippen molar-refractivity contribution in [3.63, 3.8) is 0 Å². The number of amidine groups is 1. The Morgan fingerprint density at radius 2 is 2.30 bits per heavy atom. The number of hydrogen-bond donors (Lipinski definition) is 1. The minimum Gasteiger partial charge on any atom is -0.371 e. The monoisotopic (exact) mass is 330 g/mol. The van der Waals surface area contributed by atoms with Gasteiger partial charge in [0.1, 0.15) is 0 Å². The molecule has 20 heavy (non-hydrogen) atoms. The van der Waals surface area contributed by atoms with Crippen LogP contribution in [0.15, 0.2) is 25.8 Å². The molecule has 1 spiro atoms. The van der Waals surface area contributed by atoms with Crippen molar-refractivity contribution in [3.05, 3.63) is 16.5 Å². The van der Waals surface area contributed by atoms with E-state index in [1.165, 1.54) is 49.0 Å². The van der Waals surface area contributed by atoms with E-state index < -0.39 is 0 Å². The first-order chi connectivity index (χ1) is 9.71. The van der Waals surface area contributed by atoms with Gasteiger partial charge in [-0.05, 0) is 25.0 Å². The first-order valence-electron chi connectivity index (χ1n) is 6.41. The molecular weight excluding hydrogens is 316 g/mol. The molecule has 2 aliphatic rings. The molecule has 0 amide bonds. The summed E-state index contributed by atoms with van der Waals surface area (Å²) in [6, 6.07) is 4.09. The average molecular weight is 331 g/mol. The van der Waals surface area contributed by atoms with Gasteiger partial charge in [-0.1, -0.05) is 24.4 Å². The van der Waals surface area contributed by atoms with Crippen LogP contribution in [0.25, 0.3) is 0 Å². The Morgan fingerprint density at radius 3 is 2.95 bits per heavy atom. The standard InChI is InChI=1S/C12H15ClN4OS2/c13-9-3-4-10(19-9)20-16-11(18-14)17-8-12(7-15-17)5-1-2-6-12/h3-4,7H,1-2,5-6,8,14H2/b16-11-. The van der Waals surface area contributed by atoms with E-state index in [1.807, 2.05) is 18.3 Å². The third kappa shape index (κ3) is 2.95. The highest BCUT2D eigenvalue weighted by Crippen LogP contribution is 2.40. The predicted octanol–water partition coefficient (Wildman–Crippen LogP) is 3.52. The molecule has 0 unspecified atom stereocenters. The molecule has 0 atom stereocenters. The maximum Gasteiger partial charge on any atom is 0.339 e. The van der Waals surface area contributed by atoms with Gasteiger partial charge in [-0.25, -0.2) is 5.01 Å². The maximum absolute atomic E-state index is 5.89. The van der Waals surface area contributed by atoms with E-state index >= 15 is 0 Å². The van der Waals surface area contributed by atoms with Crippen molar-refractivity contribution in [3.8, 4) is 0 Å². The molecule has 0 bridgehead atoms. The Morgan fingerprint density at radius 1 is 1.50 bits per heavy atom. The molecule has 0 radical (unpaired) electrons. The minimum atomic E-state index is 0.191. The highest BCUT2D eigenvalue weighted by Gasteiger charge is 2.39. The number of nitrogens with zero attached hydrogens (tertiary/aromatic N) is 3. The van der Waals surface area contributed by atoms with Crippen LogP contribution in [0.4, 0.5) is 0 Å². The fourth-order valence-corrected chi connectivity index (χ4v) is 4.49. The summed E-state index contributed by atoms with van der Waals surface area (Å²) in [5.41, 5.74) is 0.191. The zero-order valence-corrected chi connectivity index (χ0v) is 13.2. The molecule has 2 N–H and O–H groups in total. The van der Waals surface area contributed by atoms with Gasteiger partial charge in [0.15, 0.2) is 0 Å². The van der Waals surface area contributed by atoms with Gasteiger partial charge in [-0.15, -0.1) is 11.3 Å². The molecule has 1 fully saturated rings. The summed E-state index contributed by atoms with van der Waals surface area (Å²) < 4.78 is 6.04. The van der Waals surface area contributed by atoms with E-state index in [-0.39, 0.29) is 5.41 Å². The smallest absolute Gasteiger partial charge is 0.339 e. The lowest BCUT2D eigenvalue weighted by molar-refractivity contribution is 0.228. The zero-order valence-electron chi connectivity index (χ0n) is 10.8. The van der Waals surface area contributed by atoms with Crippen molar-refractivity contribution in [2.24, 2.45) is 20.8 Å². The van der Waals surface area contributed by atoms with Gasteiger partial charge >= 0.3 is 6.02 Å². The molecule has 0 aromatic carbocycles. The zero-order chi connectivity index (χ0) is 14.0. The Balaban J connectivity index is 1.66. The SMILES string of the molecule is NO/C(=N\Sc1ccc(Cl)s1)N1CC2(C=N1)CCCC2. The largest absolute Gasteiger partial charge is 0.371 e. The summed E-state index contributed by atoms with van der Waals surface area (Å²) in [5.74, 6) is 5.33. The Bertz CT molecular complexity index is 539. The molecule has 1 aromatic heterocycles. The topological polar surface area (TPSA) is 63.2 Å². The van der Waals surface area contributed by atoms with Gasteiger partial charge in [0.05, 0.1) is 15.1 Å². The molecule has 1 saturated carbocycles. The molecule has 1 aliphatic carbocycles. The number of halogens is 1. The van der Waals surface area contributed by atoms with Crippen molar-refractivity contribution in [2.45, 2.75) is 29.9 Å². The number of thiophene rings is 1. The fraction of sp³-hybridized carbons (Fsp3) is 0.500. The second kappa shape index (κ2) is 5.93. The van der Waals surface area contributed by atoms with Gasteiger partial charge in [-0.2, -0.15) is 15.4 Å². The lowest BCUT2D eigenvalue weighted by Crippen LogP contribution is -2.33. The van der Waals surface area contributed by atoms with Gasteiger partial charge in [0.25, 0.3) is 0 Å². The van der Waals surface area contributed by atoms with Crippen LogP contribution in [0.5, 0.6) is 0 Å². The van der Waals surface area contributed by atoms with Crippen LogP contribution in [0.3, 0.4) is 0 Å². The first-order valence-corrected chi connectivity index (χ1v) is 8.37. The second-order valence-electron chi connectivity index (χ2n) is 5.01. The van der Waals surface area contributed by atoms with Crippen LogP contribution >= 0.6 is 34.9 Å². The Labute approximate surface area is 130 Å². The molecule has 5 nitrogen and oxygen atoms in total. The molecule has 3 rings (SSSR count). The molecule has 8 heteroatoms. The quantitative estimate of drug-likeness (QED) is 0.390. The first kappa shape index (κ1) is 14.2. The van der Waals surface area contributed by atoms with Crippen LogP contribution < -0.4 is 5.90 Å². The number of rotatable bonds is 2. The summed E-state index contributed by atoms with van der Waals surface area (Å²) >= 11 is 8.65. The lowest BCUT2D eigenvalue weighted by atomic mass is 9.89. The maximum atomic E-state index is 5.89. The van der Waals surface area contributed by atoms with Crippen LogP contribution in [0.2, 0.25) is 4.34 Å². The average Bonchev–Trinajstić information content (AvgIpc) is 3.15. The molecule has 108 valence electrons. The van der Waals surface area contributed by atoms with E-state index in [1.54, 1.807) is 5.01 Å². The van der Waals surface area contributed by atoms with E-state index in [4.69, 9.17) is 22.3 Å². The highest BCUT2D eigenvalue weighted by molar-refractivity contribution is 8.00. The van der Waals surface area contributed by atoms with Crippen molar-refractivity contribution in [2.75, 3.05) is 6.54 Å². The van der Waals surface area contributed by atoms with Crippen LogP contribution in [0.1, 0.15) is 25.7 Å². The van der Waals surface area contributed by atoms with E-state index in [2.05, 4.69) is 9.50 Å². The van der Waals surface area contributed by atoms with Crippen molar-refractivity contribution < 1.29 is 4.84 Å².